The lowest BCUT2D eigenvalue weighted by molar-refractivity contribution is 0.102. The van der Waals surface area contributed by atoms with Gasteiger partial charge in [-0.2, -0.15) is 0 Å². The summed E-state index contributed by atoms with van der Waals surface area (Å²) in [5.74, 6) is 0.170. The van der Waals surface area contributed by atoms with Crippen molar-refractivity contribution in [2.24, 2.45) is 0 Å². The van der Waals surface area contributed by atoms with E-state index in [0.29, 0.717) is 11.3 Å². The smallest absolute Gasteiger partial charge is 0.255 e. The van der Waals surface area contributed by atoms with Crippen molar-refractivity contribution in [3.05, 3.63) is 78.3 Å². The average Bonchev–Trinajstić information content (AvgIpc) is 3.04. The summed E-state index contributed by atoms with van der Waals surface area (Å²) < 4.78 is 18.1. The predicted octanol–water partition coefficient (Wildman–Crippen LogP) is 4.34. The Morgan fingerprint density at radius 1 is 0.952 bits per heavy atom. The number of carbonyl (C=O) groups excluding carboxylic acids is 1. The van der Waals surface area contributed by atoms with Crippen LogP contribution < -0.4 is 5.32 Å². The zero-order chi connectivity index (χ0) is 14.7. The summed E-state index contributed by atoms with van der Waals surface area (Å²) >= 11 is 0. The molecule has 104 valence electrons. The maximum atomic E-state index is 12.8. The maximum Gasteiger partial charge on any atom is 0.255 e. The highest BCUT2D eigenvalue weighted by atomic mass is 19.1. The van der Waals surface area contributed by atoms with Gasteiger partial charge in [-0.1, -0.05) is 12.1 Å². The molecule has 0 radical (unpaired) electrons. The lowest BCUT2D eigenvalue weighted by Crippen LogP contribution is -2.11. The second-order valence-corrected chi connectivity index (χ2v) is 4.52. The summed E-state index contributed by atoms with van der Waals surface area (Å²) in [5, 5.41) is 2.71. The van der Waals surface area contributed by atoms with Gasteiger partial charge in [0.2, 0.25) is 0 Å². The molecule has 0 spiro atoms. The standard InChI is InChI=1S/C17H12FNO2/c18-14-7-9-15(10-8-14)19-17(20)13-5-3-12(4-6-13)16-2-1-11-21-16/h1-11H,(H,19,20). The van der Waals surface area contributed by atoms with Crippen LogP contribution in [0.3, 0.4) is 0 Å². The number of nitrogens with one attached hydrogen (secondary N) is 1. The summed E-state index contributed by atoms with van der Waals surface area (Å²) in [4.78, 5) is 12.1. The monoisotopic (exact) mass is 281 g/mol. The number of rotatable bonds is 3. The predicted molar refractivity (Wildman–Crippen MR) is 78.5 cm³/mol. The number of amides is 1. The van der Waals surface area contributed by atoms with E-state index < -0.39 is 0 Å². The molecule has 0 bridgehead atoms. The molecule has 1 aromatic heterocycles. The highest BCUT2D eigenvalue weighted by Crippen LogP contribution is 2.20. The third kappa shape index (κ3) is 3.00. The molecule has 4 heteroatoms. The van der Waals surface area contributed by atoms with Gasteiger partial charge in [0.1, 0.15) is 11.6 Å². The molecule has 0 atom stereocenters. The fraction of sp³-hybridized carbons (Fsp3) is 0. The zero-order valence-corrected chi connectivity index (χ0v) is 11.0. The lowest BCUT2D eigenvalue weighted by atomic mass is 10.1. The Morgan fingerprint density at radius 3 is 2.29 bits per heavy atom. The van der Waals surface area contributed by atoms with Crippen molar-refractivity contribution in [1.29, 1.82) is 0 Å². The molecule has 1 N–H and O–H groups in total. The first-order valence-electron chi connectivity index (χ1n) is 6.43. The number of halogens is 1. The third-order valence-corrected chi connectivity index (χ3v) is 3.05. The molecule has 1 amide bonds. The van der Waals surface area contributed by atoms with Crippen molar-refractivity contribution >= 4 is 11.6 Å². The molecule has 0 aliphatic rings. The van der Waals surface area contributed by atoms with Crippen molar-refractivity contribution < 1.29 is 13.6 Å². The first-order valence-corrected chi connectivity index (χ1v) is 6.43. The van der Waals surface area contributed by atoms with Gasteiger partial charge in [0.15, 0.2) is 0 Å². The van der Waals surface area contributed by atoms with Crippen LogP contribution in [0.25, 0.3) is 11.3 Å². The van der Waals surface area contributed by atoms with Crippen molar-refractivity contribution in [3.8, 4) is 11.3 Å². The molecular weight excluding hydrogens is 269 g/mol. The summed E-state index contributed by atoms with van der Waals surface area (Å²) in [5.41, 5.74) is 1.98. The van der Waals surface area contributed by atoms with E-state index in [1.165, 1.54) is 24.3 Å². The van der Waals surface area contributed by atoms with Crippen LogP contribution in [0.5, 0.6) is 0 Å². The Bertz CT molecular complexity index is 731. The van der Waals surface area contributed by atoms with E-state index in [0.717, 1.165) is 11.3 Å². The highest BCUT2D eigenvalue weighted by Gasteiger charge is 2.07. The van der Waals surface area contributed by atoms with E-state index in [1.54, 1.807) is 18.4 Å². The fourth-order valence-corrected chi connectivity index (χ4v) is 1.97. The Morgan fingerprint density at radius 2 is 1.67 bits per heavy atom. The molecule has 0 unspecified atom stereocenters. The number of hydrogen-bond donors (Lipinski definition) is 1. The van der Waals surface area contributed by atoms with Gasteiger partial charge in [0.25, 0.3) is 5.91 Å². The Hall–Kier alpha value is -2.88. The first kappa shape index (κ1) is 13.1. The van der Waals surface area contributed by atoms with Gasteiger partial charge in [0, 0.05) is 16.8 Å². The van der Waals surface area contributed by atoms with E-state index in [1.807, 2.05) is 24.3 Å². The summed E-state index contributed by atoms with van der Waals surface area (Å²) in [6, 6.07) is 16.4. The number of furan rings is 1. The number of hydrogen-bond acceptors (Lipinski definition) is 2. The Labute approximate surface area is 121 Å². The molecule has 0 saturated carbocycles. The van der Waals surface area contributed by atoms with Crippen molar-refractivity contribution in [2.75, 3.05) is 5.32 Å². The second-order valence-electron chi connectivity index (χ2n) is 4.52. The van der Waals surface area contributed by atoms with E-state index in [2.05, 4.69) is 5.32 Å². The van der Waals surface area contributed by atoms with Gasteiger partial charge in [-0.05, 0) is 48.5 Å². The van der Waals surface area contributed by atoms with E-state index in [9.17, 15) is 9.18 Å². The molecule has 3 rings (SSSR count). The maximum absolute atomic E-state index is 12.8. The van der Waals surface area contributed by atoms with Gasteiger partial charge >= 0.3 is 0 Å². The van der Waals surface area contributed by atoms with Crippen LogP contribution in [0.4, 0.5) is 10.1 Å². The van der Waals surface area contributed by atoms with Gasteiger partial charge in [-0.3, -0.25) is 4.79 Å². The molecule has 0 aliphatic heterocycles. The quantitative estimate of drug-likeness (QED) is 0.776. The van der Waals surface area contributed by atoms with E-state index >= 15 is 0 Å². The molecule has 0 saturated heterocycles. The van der Waals surface area contributed by atoms with Crippen molar-refractivity contribution in [1.82, 2.24) is 0 Å². The average molecular weight is 281 g/mol. The normalized spacial score (nSPS) is 10.3. The molecule has 3 aromatic rings. The minimum Gasteiger partial charge on any atom is -0.464 e. The molecule has 0 fully saturated rings. The number of benzene rings is 2. The second kappa shape index (κ2) is 5.63. The molecule has 21 heavy (non-hydrogen) atoms. The van der Waals surface area contributed by atoms with Crippen molar-refractivity contribution in [3.63, 3.8) is 0 Å². The first-order chi connectivity index (χ1) is 10.2. The minimum atomic E-state index is -0.337. The summed E-state index contributed by atoms with van der Waals surface area (Å²) in [6.45, 7) is 0. The molecule has 0 aliphatic carbocycles. The third-order valence-electron chi connectivity index (χ3n) is 3.05. The molecule has 2 aromatic carbocycles. The van der Waals surface area contributed by atoms with Crippen LogP contribution >= 0.6 is 0 Å². The van der Waals surface area contributed by atoms with Crippen LogP contribution in [0.1, 0.15) is 10.4 Å². The zero-order valence-electron chi connectivity index (χ0n) is 11.0. The van der Waals surface area contributed by atoms with E-state index in [-0.39, 0.29) is 11.7 Å². The fourth-order valence-electron chi connectivity index (χ4n) is 1.97. The summed E-state index contributed by atoms with van der Waals surface area (Å²) in [6.07, 6.45) is 1.60. The minimum absolute atomic E-state index is 0.243. The van der Waals surface area contributed by atoms with E-state index in [4.69, 9.17) is 4.42 Å². The lowest BCUT2D eigenvalue weighted by Gasteiger charge is -2.05. The van der Waals surface area contributed by atoms with Gasteiger partial charge in [-0.15, -0.1) is 0 Å². The largest absolute Gasteiger partial charge is 0.464 e. The Kier molecular flexibility index (Phi) is 3.51. The number of carbonyl (C=O) groups is 1. The van der Waals surface area contributed by atoms with Gasteiger partial charge in [-0.25, -0.2) is 4.39 Å². The van der Waals surface area contributed by atoms with Crippen LogP contribution in [0.2, 0.25) is 0 Å². The SMILES string of the molecule is O=C(Nc1ccc(F)cc1)c1ccc(-c2ccco2)cc1. The van der Waals surface area contributed by atoms with Crippen molar-refractivity contribution in [2.45, 2.75) is 0 Å². The summed E-state index contributed by atoms with van der Waals surface area (Å²) in [7, 11) is 0. The number of anilines is 1. The van der Waals surface area contributed by atoms with Gasteiger partial charge in [0.05, 0.1) is 6.26 Å². The molecular formula is C17H12FNO2. The van der Waals surface area contributed by atoms with Crippen LogP contribution in [0.15, 0.2) is 71.3 Å². The molecule has 1 heterocycles. The topological polar surface area (TPSA) is 42.2 Å². The Balaban J connectivity index is 1.74. The highest BCUT2D eigenvalue weighted by molar-refractivity contribution is 6.04. The van der Waals surface area contributed by atoms with Crippen LogP contribution in [-0.2, 0) is 0 Å². The molecule has 3 nitrogen and oxygen atoms in total. The van der Waals surface area contributed by atoms with Gasteiger partial charge < -0.3 is 9.73 Å². The van der Waals surface area contributed by atoms with Crippen LogP contribution in [-0.4, -0.2) is 5.91 Å². The van der Waals surface area contributed by atoms with Crippen LogP contribution in [0, 0.1) is 5.82 Å².